The van der Waals surface area contributed by atoms with E-state index < -0.39 is 0 Å². The molecule has 0 heteroatoms. The van der Waals surface area contributed by atoms with Gasteiger partial charge in [-0.2, -0.15) is 0 Å². The van der Waals surface area contributed by atoms with Gasteiger partial charge in [0.1, 0.15) is 0 Å². The smallest absolute Gasteiger partial charge is 0.00275 e. The maximum absolute atomic E-state index is 4.26. The van der Waals surface area contributed by atoms with E-state index in [2.05, 4.69) is 40.3 Å². The highest BCUT2D eigenvalue weighted by Crippen LogP contribution is 2.56. The summed E-state index contributed by atoms with van der Waals surface area (Å²) < 4.78 is 0. The third-order valence-corrected chi connectivity index (χ3v) is 5.16. The van der Waals surface area contributed by atoms with E-state index in [1.807, 2.05) is 0 Å². The monoisotopic (exact) mass is 204 g/mol. The van der Waals surface area contributed by atoms with Crippen molar-refractivity contribution in [3.05, 3.63) is 23.8 Å². The molecule has 2 bridgehead atoms. The Balaban J connectivity index is 2.39. The van der Waals surface area contributed by atoms with Crippen molar-refractivity contribution in [1.82, 2.24) is 0 Å². The molecule has 0 spiro atoms. The number of hydrogen-bond acceptors (Lipinski definition) is 0. The summed E-state index contributed by atoms with van der Waals surface area (Å²) in [7, 11) is 0. The summed E-state index contributed by atoms with van der Waals surface area (Å²) in [4.78, 5) is 0. The van der Waals surface area contributed by atoms with Gasteiger partial charge >= 0.3 is 0 Å². The van der Waals surface area contributed by atoms with Gasteiger partial charge in [0.2, 0.25) is 0 Å². The highest BCUT2D eigenvalue weighted by molar-refractivity contribution is 5.24. The molecule has 4 atom stereocenters. The van der Waals surface area contributed by atoms with Crippen LogP contribution in [0.1, 0.15) is 47.0 Å². The molecule has 84 valence electrons. The molecule has 0 aromatic carbocycles. The number of hydrogen-bond donors (Lipinski definition) is 0. The lowest BCUT2D eigenvalue weighted by atomic mass is 9.53. The molecule has 0 aliphatic heterocycles. The van der Waals surface area contributed by atoms with Crippen LogP contribution in [0.25, 0.3) is 0 Å². The lowest BCUT2D eigenvalue weighted by Gasteiger charge is -2.52. The van der Waals surface area contributed by atoms with Crippen LogP contribution in [0.5, 0.6) is 0 Å². The van der Waals surface area contributed by atoms with E-state index in [4.69, 9.17) is 0 Å². The molecule has 0 aromatic heterocycles. The Bertz CT molecular complexity index is 310. The first-order chi connectivity index (χ1) is 6.97. The van der Waals surface area contributed by atoms with Crippen molar-refractivity contribution >= 4 is 0 Å². The first-order valence-corrected chi connectivity index (χ1v) is 6.30. The van der Waals surface area contributed by atoms with E-state index in [1.165, 1.54) is 24.8 Å². The quantitative estimate of drug-likeness (QED) is 0.548. The predicted molar refractivity (Wildman–Crippen MR) is 66.7 cm³/mol. The molecule has 2 aliphatic rings. The Morgan fingerprint density at radius 3 is 2.73 bits per heavy atom. The van der Waals surface area contributed by atoms with Gasteiger partial charge in [-0.05, 0) is 56.3 Å². The number of rotatable bonds is 1. The summed E-state index contributed by atoms with van der Waals surface area (Å²) in [5.74, 6) is 2.50. The molecule has 0 radical (unpaired) electrons. The van der Waals surface area contributed by atoms with Crippen molar-refractivity contribution < 1.29 is 0 Å². The third kappa shape index (κ3) is 1.49. The standard InChI is InChI=1S/C15H24/c1-10(2)15-7-6-11(3)14(9-15)12(4)8-13(15)5/h6,12-14H,1,7-9H2,2-5H3/t12-,13+,14-,15+/m1/s1. The van der Waals surface area contributed by atoms with E-state index in [0.29, 0.717) is 5.41 Å². The molecular weight excluding hydrogens is 180 g/mol. The first-order valence-electron chi connectivity index (χ1n) is 6.30. The average molecular weight is 204 g/mol. The Kier molecular flexibility index (Phi) is 2.56. The lowest BCUT2D eigenvalue weighted by molar-refractivity contribution is 0.0708. The molecule has 0 N–H and O–H groups in total. The molecule has 0 amide bonds. The lowest BCUT2D eigenvalue weighted by Crippen LogP contribution is -2.42. The molecule has 0 nitrogen and oxygen atoms in total. The third-order valence-electron chi connectivity index (χ3n) is 5.16. The average Bonchev–Trinajstić information content (AvgIpc) is 2.16. The second-order valence-electron chi connectivity index (χ2n) is 6.01. The van der Waals surface area contributed by atoms with Gasteiger partial charge in [0.25, 0.3) is 0 Å². The van der Waals surface area contributed by atoms with Crippen LogP contribution >= 0.6 is 0 Å². The fourth-order valence-electron chi connectivity index (χ4n) is 3.90. The van der Waals surface area contributed by atoms with Crippen molar-refractivity contribution in [3.63, 3.8) is 0 Å². The van der Waals surface area contributed by atoms with Crippen LogP contribution in [-0.2, 0) is 0 Å². The fraction of sp³-hybridized carbons (Fsp3) is 0.733. The number of allylic oxidation sites excluding steroid dienone is 3. The molecule has 2 rings (SSSR count). The summed E-state index contributed by atoms with van der Waals surface area (Å²) in [5, 5.41) is 0. The van der Waals surface area contributed by atoms with Gasteiger partial charge in [0.15, 0.2) is 0 Å². The summed E-state index contributed by atoms with van der Waals surface area (Å²) >= 11 is 0. The van der Waals surface area contributed by atoms with E-state index in [9.17, 15) is 0 Å². The maximum atomic E-state index is 4.26. The van der Waals surface area contributed by atoms with Crippen LogP contribution in [0.3, 0.4) is 0 Å². The van der Waals surface area contributed by atoms with Crippen LogP contribution in [-0.4, -0.2) is 0 Å². The van der Waals surface area contributed by atoms with Gasteiger partial charge in [-0.1, -0.05) is 37.6 Å². The number of fused-ring (bicyclic) bond motifs is 2. The predicted octanol–water partition coefficient (Wildman–Crippen LogP) is 4.58. The fourth-order valence-corrected chi connectivity index (χ4v) is 3.90. The minimum absolute atomic E-state index is 0.427. The molecule has 0 heterocycles. The molecule has 0 aromatic rings. The Labute approximate surface area is 94.5 Å². The highest BCUT2D eigenvalue weighted by atomic mass is 14.5. The summed E-state index contributed by atoms with van der Waals surface area (Å²) in [6, 6.07) is 0. The minimum Gasteiger partial charge on any atom is -0.0996 e. The van der Waals surface area contributed by atoms with Gasteiger partial charge in [-0.15, -0.1) is 0 Å². The van der Waals surface area contributed by atoms with Crippen molar-refractivity contribution in [2.75, 3.05) is 0 Å². The highest BCUT2D eigenvalue weighted by Gasteiger charge is 2.46. The molecule has 15 heavy (non-hydrogen) atoms. The van der Waals surface area contributed by atoms with Crippen LogP contribution in [0, 0.1) is 23.2 Å². The van der Waals surface area contributed by atoms with Crippen LogP contribution in [0.4, 0.5) is 0 Å². The van der Waals surface area contributed by atoms with Gasteiger partial charge in [-0.3, -0.25) is 0 Å². The van der Waals surface area contributed by atoms with Crippen LogP contribution in [0.2, 0.25) is 0 Å². The SMILES string of the molecule is C=C(C)[C@]12CC=C(C)[C@@H](C1)[C@H](C)C[C@@H]2C. The second kappa shape index (κ2) is 3.50. The first kappa shape index (κ1) is 11.0. The zero-order valence-corrected chi connectivity index (χ0v) is 10.6. The molecule has 2 aliphatic carbocycles. The molecule has 0 saturated heterocycles. The van der Waals surface area contributed by atoms with Crippen molar-refractivity contribution in [2.45, 2.75) is 47.0 Å². The van der Waals surface area contributed by atoms with Gasteiger partial charge in [-0.25, -0.2) is 0 Å². The zero-order valence-electron chi connectivity index (χ0n) is 10.6. The van der Waals surface area contributed by atoms with E-state index >= 15 is 0 Å². The Hall–Kier alpha value is -0.520. The van der Waals surface area contributed by atoms with Crippen molar-refractivity contribution in [3.8, 4) is 0 Å². The maximum Gasteiger partial charge on any atom is -0.00275 e. The van der Waals surface area contributed by atoms with E-state index in [-0.39, 0.29) is 0 Å². The summed E-state index contributed by atoms with van der Waals surface area (Å²) in [6.45, 7) is 13.7. The Morgan fingerprint density at radius 1 is 1.47 bits per heavy atom. The van der Waals surface area contributed by atoms with Crippen molar-refractivity contribution in [2.24, 2.45) is 23.2 Å². The topological polar surface area (TPSA) is 0 Å². The van der Waals surface area contributed by atoms with Gasteiger partial charge < -0.3 is 0 Å². The molecule has 1 saturated carbocycles. The normalized spacial score (nSPS) is 44.8. The molecular formula is C15H24. The second-order valence-corrected chi connectivity index (χ2v) is 6.01. The van der Waals surface area contributed by atoms with Crippen LogP contribution < -0.4 is 0 Å². The Morgan fingerprint density at radius 2 is 2.13 bits per heavy atom. The van der Waals surface area contributed by atoms with Crippen molar-refractivity contribution in [1.29, 1.82) is 0 Å². The molecule has 1 fully saturated rings. The molecule has 0 unspecified atom stereocenters. The van der Waals surface area contributed by atoms with E-state index in [0.717, 1.165) is 17.8 Å². The zero-order chi connectivity index (χ0) is 11.2. The largest absolute Gasteiger partial charge is 0.0996 e. The van der Waals surface area contributed by atoms with Crippen LogP contribution in [0.15, 0.2) is 23.8 Å². The summed E-state index contributed by atoms with van der Waals surface area (Å²) in [6.07, 6.45) is 6.45. The van der Waals surface area contributed by atoms with Gasteiger partial charge in [0.05, 0.1) is 0 Å². The van der Waals surface area contributed by atoms with Gasteiger partial charge in [0, 0.05) is 0 Å². The summed E-state index contributed by atoms with van der Waals surface area (Å²) in [5.41, 5.74) is 3.47. The minimum atomic E-state index is 0.427. The van der Waals surface area contributed by atoms with E-state index in [1.54, 1.807) is 5.57 Å².